The molecule has 7 heteroatoms. The molecule has 1 aliphatic rings. The summed E-state index contributed by atoms with van der Waals surface area (Å²) >= 11 is 0. The van der Waals surface area contributed by atoms with E-state index in [4.69, 9.17) is 9.47 Å². The van der Waals surface area contributed by atoms with Crippen molar-refractivity contribution >= 4 is 17.8 Å². The predicted octanol–water partition coefficient (Wildman–Crippen LogP) is 0.983. The first kappa shape index (κ1) is 20.2. The van der Waals surface area contributed by atoms with Crippen molar-refractivity contribution in [2.24, 2.45) is 0 Å². The van der Waals surface area contributed by atoms with E-state index in [-0.39, 0.29) is 11.9 Å². The highest BCUT2D eigenvalue weighted by atomic mass is 16.5. The molecule has 1 saturated heterocycles. The Kier molecular flexibility index (Phi) is 9.76. The number of amides is 1. The molecule has 0 aromatic rings. The van der Waals surface area contributed by atoms with E-state index >= 15 is 0 Å². The third-order valence-corrected chi connectivity index (χ3v) is 3.87. The lowest BCUT2D eigenvalue weighted by Gasteiger charge is -2.34. The molecule has 0 aromatic carbocycles. The zero-order chi connectivity index (χ0) is 17.8. The molecule has 1 fully saturated rings. The van der Waals surface area contributed by atoms with Gasteiger partial charge in [0.1, 0.15) is 0 Å². The molecule has 0 bridgehead atoms. The minimum absolute atomic E-state index is 0.188. The first-order valence-electron chi connectivity index (χ1n) is 8.51. The Morgan fingerprint density at radius 1 is 1.04 bits per heavy atom. The van der Waals surface area contributed by atoms with Crippen LogP contribution < -0.4 is 0 Å². The van der Waals surface area contributed by atoms with Crippen LogP contribution in [0.15, 0.2) is 12.7 Å². The van der Waals surface area contributed by atoms with E-state index in [0.717, 1.165) is 32.3 Å². The maximum Gasteiger partial charge on any atom is 0.330 e. The van der Waals surface area contributed by atoms with E-state index in [0.29, 0.717) is 45.4 Å². The minimum atomic E-state index is -0.437. The molecule has 0 N–H and O–H groups in total. The van der Waals surface area contributed by atoms with Gasteiger partial charge in [0.05, 0.1) is 19.6 Å². The van der Waals surface area contributed by atoms with Gasteiger partial charge >= 0.3 is 11.9 Å². The van der Waals surface area contributed by atoms with E-state index < -0.39 is 5.97 Å². The van der Waals surface area contributed by atoms with Crippen molar-refractivity contribution in [3.63, 3.8) is 0 Å². The third kappa shape index (κ3) is 8.10. The summed E-state index contributed by atoms with van der Waals surface area (Å²) in [5.74, 6) is -0.467. The highest BCUT2D eigenvalue weighted by molar-refractivity contribution is 5.81. The lowest BCUT2D eigenvalue weighted by molar-refractivity contribution is -0.145. The fourth-order valence-corrected chi connectivity index (χ4v) is 2.39. The molecule has 0 atom stereocenters. The minimum Gasteiger partial charge on any atom is -0.466 e. The van der Waals surface area contributed by atoms with Crippen LogP contribution in [0.4, 0.5) is 0 Å². The summed E-state index contributed by atoms with van der Waals surface area (Å²) in [7, 11) is 0. The van der Waals surface area contributed by atoms with E-state index in [1.807, 2.05) is 11.8 Å². The van der Waals surface area contributed by atoms with E-state index in [9.17, 15) is 14.4 Å². The van der Waals surface area contributed by atoms with Gasteiger partial charge in [-0.25, -0.2) is 4.79 Å². The smallest absolute Gasteiger partial charge is 0.330 e. The largest absolute Gasteiger partial charge is 0.466 e. The Morgan fingerprint density at radius 3 is 2.25 bits per heavy atom. The van der Waals surface area contributed by atoms with Crippen LogP contribution in [0.3, 0.4) is 0 Å². The van der Waals surface area contributed by atoms with Crippen LogP contribution in [0.5, 0.6) is 0 Å². The molecule has 0 saturated carbocycles. The number of hydrogen-bond acceptors (Lipinski definition) is 6. The first-order valence-corrected chi connectivity index (χ1v) is 8.51. The average molecular weight is 340 g/mol. The van der Waals surface area contributed by atoms with Gasteiger partial charge < -0.3 is 14.4 Å². The molecular formula is C17H28N2O5. The van der Waals surface area contributed by atoms with Crippen molar-refractivity contribution in [1.29, 1.82) is 0 Å². The first-order chi connectivity index (χ1) is 11.6. The fourth-order valence-electron chi connectivity index (χ4n) is 2.39. The zero-order valence-electron chi connectivity index (χ0n) is 14.5. The van der Waals surface area contributed by atoms with Gasteiger partial charge in [-0.2, -0.15) is 0 Å². The lowest BCUT2D eigenvalue weighted by atomic mass is 10.2. The zero-order valence-corrected chi connectivity index (χ0v) is 14.5. The number of esters is 2. The van der Waals surface area contributed by atoms with E-state index in [1.165, 1.54) is 0 Å². The number of ether oxygens (including phenoxy) is 2. The van der Waals surface area contributed by atoms with Crippen LogP contribution in [0.1, 0.15) is 32.6 Å². The summed E-state index contributed by atoms with van der Waals surface area (Å²) in [4.78, 5) is 38.1. The highest BCUT2D eigenvalue weighted by Gasteiger charge is 2.20. The van der Waals surface area contributed by atoms with Crippen LogP contribution in [-0.2, 0) is 23.9 Å². The van der Waals surface area contributed by atoms with Crippen molar-refractivity contribution in [2.75, 3.05) is 45.9 Å². The SMILES string of the molecule is C=CC(=O)OCCCCOC(=O)CCN1CCN(C(=O)CC)CC1. The molecule has 1 aliphatic heterocycles. The summed E-state index contributed by atoms with van der Waals surface area (Å²) in [5, 5.41) is 0. The number of carbonyl (C=O) groups excluding carboxylic acids is 3. The molecule has 0 aliphatic carbocycles. The Labute approximate surface area is 143 Å². The van der Waals surface area contributed by atoms with Crippen LogP contribution in [0.2, 0.25) is 0 Å². The van der Waals surface area contributed by atoms with Gasteiger partial charge in [0, 0.05) is 45.2 Å². The molecule has 1 heterocycles. The maximum atomic E-state index is 11.7. The Balaban J connectivity index is 2.01. The molecule has 0 spiro atoms. The van der Waals surface area contributed by atoms with Gasteiger partial charge in [-0.3, -0.25) is 14.5 Å². The fraction of sp³-hybridized carbons (Fsp3) is 0.706. The van der Waals surface area contributed by atoms with Gasteiger partial charge in [0.15, 0.2) is 0 Å². The van der Waals surface area contributed by atoms with Crippen LogP contribution >= 0.6 is 0 Å². The second kappa shape index (κ2) is 11.6. The number of carbonyl (C=O) groups is 3. The molecule has 136 valence electrons. The predicted molar refractivity (Wildman–Crippen MR) is 89.3 cm³/mol. The summed E-state index contributed by atoms with van der Waals surface area (Å²) < 4.78 is 9.98. The topological polar surface area (TPSA) is 76.2 Å². The standard InChI is InChI=1S/C17H28N2O5/c1-3-15(20)19-11-9-18(10-12-19)8-7-17(22)24-14-6-5-13-23-16(21)4-2/h4H,2-3,5-14H2,1H3. The highest BCUT2D eigenvalue weighted by Crippen LogP contribution is 2.05. The van der Waals surface area contributed by atoms with Crippen LogP contribution in [0, 0.1) is 0 Å². The molecule has 1 rings (SSSR count). The quantitative estimate of drug-likeness (QED) is 0.335. The van der Waals surface area contributed by atoms with Gasteiger partial charge in [0.2, 0.25) is 5.91 Å². The Bertz CT molecular complexity index is 431. The number of nitrogens with zero attached hydrogens (tertiary/aromatic N) is 2. The van der Waals surface area contributed by atoms with Crippen molar-refractivity contribution in [1.82, 2.24) is 9.80 Å². The third-order valence-electron chi connectivity index (χ3n) is 3.87. The summed E-state index contributed by atoms with van der Waals surface area (Å²) in [6, 6.07) is 0. The molecule has 0 aromatic heterocycles. The second-order valence-electron chi connectivity index (χ2n) is 5.63. The van der Waals surface area contributed by atoms with Gasteiger partial charge in [-0.05, 0) is 12.8 Å². The molecule has 1 amide bonds. The molecule has 0 unspecified atom stereocenters. The van der Waals surface area contributed by atoms with Crippen molar-refractivity contribution < 1.29 is 23.9 Å². The number of rotatable bonds is 10. The van der Waals surface area contributed by atoms with Crippen LogP contribution in [0.25, 0.3) is 0 Å². The van der Waals surface area contributed by atoms with Crippen molar-refractivity contribution in [2.45, 2.75) is 32.6 Å². The summed E-state index contributed by atoms with van der Waals surface area (Å²) in [5.41, 5.74) is 0. The molecule has 7 nitrogen and oxygen atoms in total. The number of unbranched alkanes of at least 4 members (excludes halogenated alkanes) is 1. The van der Waals surface area contributed by atoms with Crippen molar-refractivity contribution in [3.05, 3.63) is 12.7 Å². The van der Waals surface area contributed by atoms with E-state index in [1.54, 1.807) is 0 Å². The maximum absolute atomic E-state index is 11.7. The molecular weight excluding hydrogens is 312 g/mol. The second-order valence-corrected chi connectivity index (χ2v) is 5.63. The monoisotopic (exact) mass is 340 g/mol. The summed E-state index contributed by atoms with van der Waals surface area (Å²) in [6.07, 6.45) is 3.33. The van der Waals surface area contributed by atoms with Gasteiger partial charge in [-0.15, -0.1) is 0 Å². The molecule has 0 radical (unpaired) electrons. The van der Waals surface area contributed by atoms with Crippen molar-refractivity contribution in [3.8, 4) is 0 Å². The molecule has 24 heavy (non-hydrogen) atoms. The number of piperazine rings is 1. The lowest BCUT2D eigenvalue weighted by Crippen LogP contribution is -2.48. The Hall–Kier alpha value is -1.89. The van der Waals surface area contributed by atoms with Gasteiger partial charge in [-0.1, -0.05) is 13.5 Å². The normalized spacial score (nSPS) is 15.0. The summed E-state index contributed by atoms with van der Waals surface area (Å²) in [6.45, 7) is 9.53. The average Bonchev–Trinajstić information content (AvgIpc) is 2.62. The van der Waals surface area contributed by atoms with E-state index in [2.05, 4.69) is 11.5 Å². The van der Waals surface area contributed by atoms with Crippen LogP contribution in [-0.4, -0.2) is 73.6 Å². The van der Waals surface area contributed by atoms with Gasteiger partial charge in [0.25, 0.3) is 0 Å². The Morgan fingerprint density at radius 2 is 1.67 bits per heavy atom. The number of hydrogen-bond donors (Lipinski definition) is 0.